The van der Waals surface area contributed by atoms with Gasteiger partial charge < -0.3 is 9.67 Å². The number of nitrogens with zero attached hydrogens (tertiary/aromatic N) is 2. The second-order valence-corrected chi connectivity index (χ2v) is 5.24. The Bertz CT molecular complexity index is 524. The lowest BCUT2D eigenvalue weighted by Crippen LogP contribution is -2.15. The Balaban J connectivity index is 2.23. The van der Waals surface area contributed by atoms with Gasteiger partial charge in [0.05, 0.1) is 17.1 Å². The number of aryl methyl sites for hydroxylation is 1. The monoisotopic (exact) mass is 280 g/mol. The van der Waals surface area contributed by atoms with Crippen molar-refractivity contribution in [1.82, 2.24) is 9.55 Å². The highest BCUT2D eigenvalue weighted by Gasteiger charge is 2.13. The summed E-state index contributed by atoms with van der Waals surface area (Å²) in [5, 5.41) is 10.0. The molecule has 0 amide bonds. The maximum Gasteiger partial charge on any atom is 0.112 e. The minimum absolute atomic E-state index is 0.355. The van der Waals surface area contributed by atoms with Crippen LogP contribution in [0.15, 0.2) is 24.3 Å². The van der Waals surface area contributed by atoms with Crippen LogP contribution >= 0.6 is 11.6 Å². The molecule has 0 aliphatic heterocycles. The predicted octanol–water partition coefficient (Wildman–Crippen LogP) is 3.37. The zero-order chi connectivity index (χ0) is 13.7. The Morgan fingerprint density at radius 3 is 2.89 bits per heavy atom. The van der Waals surface area contributed by atoms with Gasteiger partial charge in [-0.1, -0.05) is 19.1 Å². The molecule has 1 atom stereocenters. The van der Waals surface area contributed by atoms with Crippen LogP contribution in [0.5, 0.6) is 0 Å². The highest BCUT2D eigenvalue weighted by Crippen LogP contribution is 2.18. The smallest absolute Gasteiger partial charge is 0.112 e. The number of aromatic nitrogens is 2. The van der Waals surface area contributed by atoms with E-state index in [-0.39, 0.29) is 6.10 Å². The molecule has 104 valence electrons. The number of hydrogen-bond acceptors (Lipinski definition) is 2. The summed E-state index contributed by atoms with van der Waals surface area (Å²) in [6, 6.07) is 8.14. The third kappa shape index (κ3) is 3.48. The van der Waals surface area contributed by atoms with Gasteiger partial charge in [0, 0.05) is 18.8 Å². The number of para-hydroxylation sites is 2. The van der Waals surface area contributed by atoms with Gasteiger partial charge in [-0.2, -0.15) is 0 Å². The first kappa shape index (κ1) is 14.4. The van der Waals surface area contributed by atoms with Gasteiger partial charge in [-0.3, -0.25) is 0 Å². The quantitative estimate of drug-likeness (QED) is 0.790. The van der Waals surface area contributed by atoms with Crippen LogP contribution in [0, 0.1) is 0 Å². The molecule has 0 radical (unpaired) electrons. The van der Waals surface area contributed by atoms with Crippen LogP contribution in [0.2, 0.25) is 0 Å². The molecule has 0 bridgehead atoms. The van der Waals surface area contributed by atoms with Crippen molar-refractivity contribution in [2.45, 2.75) is 45.3 Å². The maximum atomic E-state index is 10.0. The van der Waals surface area contributed by atoms with Gasteiger partial charge >= 0.3 is 0 Å². The van der Waals surface area contributed by atoms with E-state index >= 15 is 0 Å². The fourth-order valence-electron chi connectivity index (χ4n) is 2.38. The van der Waals surface area contributed by atoms with E-state index in [9.17, 15) is 5.11 Å². The molecule has 4 heteroatoms. The fourth-order valence-corrected chi connectivity index (χ4v) is 2.53. The minimum atomic E-state index is -0.355. The first-order valence-electron chi connectivity index (χ1n) is 6.94. The number of fused-ring (bicyclic) bond motifs is 1. The summed E-state index contributed by atoms with van der Waals surface area (Å²) >= 11 is 5.66. The van der Waals surface area contributed by atoms with Crippen LogP contribution in [-0.4, -0.2) is 26.6 Å². The molecule has 2 rings (SSSR count). The zero-order valence-corrected chi connectivity index (χ0v) is 12.1. The van der Waals surface area contributed by atoms with Crippen LogP contribution in [0.1, 0.15) is 32.0 Å². The molecule has 0 fully saturated rings. The lowest BCUT2D eigenvalue weighted by molar-refractivity contribution is 0.160. The van der Waals surface area contributed by atoms with Gasteiger partial charge in [0.25, 0.3) is 0 Å². The van der Waals surface area contributed by atoms with Gasteiger partial charge in [-0.25, -0.2) is 4.98 Å². The number of hydrogen-bond donors (Lipinski definition) is 1. The minimum Gasteiger partial charge on any atom is -0.393 e. The molecule has 1 unspecified atom stereocenters. The number of aliphatic hydroxyl groups excluding tert-OH is 1. The first-order chi connectivity index (χ1) is 9.26. The van der Waals surface area contributed by atoms with Gasteiger partial charge in [0.1, 0.15) is 5.82 Å². The Labute approximate surface area is 119 Å². The van der Waals surface area contributed by atoms with Crippen LogP contribution in [0.3, 0.4) is 0 Å². The van der Waals surface area contributed by atoms with Crippen LogP contribution in [-0.2, 0) is 13.0 Å². The van der Waals surface area contributed by atoms with E-state index in [1.165, 1.54) is 0 Å². The van der Waals surface area contributed by atoms with Crippen molar-refractivity contribution in [3.8, 4) is 0 Å². The molecule has 0 spiro atoms. The lowest BCUT2D eigenvalue weighted by atomic mass is 10.1. The number of imidazole rings is 1. The average molecular weight is 281 g/mol. The molecule has 0 aliphatic carbocycles. The maximum absolute atomic E-state index is 10.0. The summed E-state index contributed by atoms with van der Waals surface area (Å²) in [5.41, 5.74) is 2.17. The number of alkyl halides is 1. The topological polar surface area (TPSA) is 38.0 Å². The van der Waals surface area contributed by atoms with E-state index < -0.39 is 0 Å². The van der Waals surface area contributed by atoms with Crippen molar-refractivity contribution in [3.63, 3.8) is 0 Å². The zero-order valence-electron chi connectivity index (χ0n) is 11.3. The first-order valence-corrected chi connectivity index (χ1v) is 7.48. The largest absolute Gasteiger partial charge is 0.393 e. The Kier molecular flexibility index (Phi) is 5.23. The molecule has 1 heterocycles. The summed E-state index contributed by atoms with van der Waals surface area (Å²) < 4.78 is 2.22. The van der Waals surface area contributed by atoms with E-state index in [0.29, 0.717) is 12.3 Å². The summed E-state index contributed by atoms with van der Waals surface area (Å²) in [6.07, 6.45) is 2.89. The van der Waals surface area contributed by atoms with Gasteiger partial charge in [0.2, 0.25) is 0 Å². The fraction of sp³-hybridized carbons (Fsp3) is 0.533. The summed E-state index contributed by atoms with van der Waals surface area (Å²) in [5.74, 6) is 1.58. The van der Waals surface area contributed by atoms with Crippen molar-refractivity contribution in [2.24, 2.45) is 0 Å². The van der Waals surface area contributed by atoms with E-state index in [0.717, 1.165) is 42.7 Å². The molecule has 1 N–H and O–H groups in total. The standard InChI is InChI=1S/C15H21ClN2O/c1-2-10-18-14-8-4-3-7-13(14)17-15(18)11-12(19)6-5-9-16/h3-4,7-8,12,19H,2,5-6,9-11H2,1H3. The van der Waals surface area contributed by atoms with Crippen LogP contribution in [0.4, 0.5) is 0 Å². The average Bonchev–Trinajstić information content (AvgIpc) is 2.75. The normalized spacial score (nSPS) is 13.0. The third-order valence-corrected chi connectivity index (χ3v) is 3.54. The molecule has 3 nitrogen and oxygen atoms in total. The molecule has 0 saturated heterocycles. The van der Waals surface area contributed by atoms with E-state index in [1.54, 1.807) is 0 Å². The molecule has 0 saturated carbocycles. The van der Waals surface area contributed by atoms with Gasteiger partial charge in [0.15, 0.2) is 0 Å². The molecule has 1 aromatic heterocycles. The van der Waals surface area contributed by atoms with Crippen molar-refractivity contribution in [3.05, 3.63) is 30.1 Å². The number of benzene rings is 1. The van der Waals surface area contributed by atoms with Crippen molar-refractivity contribution >= 4 is 22.6 Å². The summed E-state index contributed by atoms with van der Waals surface area (Å²) in [4.78, 5) is 4.65. The van der Waals surface area contributed by atoms with Crippen LogP contribution < -0.4 is 0 Å². The summed E-state index contributed by atoms with van der Waals surface area (Å²) in [7, 11) is 0. The molecule has 19 heavy (non-hydrogen) atoms. The predicted molar refractivity (Wildman–Crippen MR) is 79.7 cm³/mol. The Hall–Kier alpha value is -1.06. The van der Waals surface area contributed by atoms with Crippen molar-refractivity contribution < 1.29 is 5.11 Å². The van der Waals surface area contributed by atoms with Gasteiger partial charge in [-0.15, -0.1) is 11.6 Å². The van der Waals surface area contributed by atoms with Crippen molar-refractivity contribution in [1.29, 1.82) is 0 Å². The highest BCUT2D eigenvalue weighted by atomic mass is 35.5. The highest BCUT2D eigenvalue weighted by molar-refractivity contribution is 6.17. The van der Waals surface area contributed by atoms with E-state index in [4.69, 9.17) is 11.6 Å². The molecule has 0 aliphatic rings. The third-order valence-electron chi connectivity index (χ3n) is 3.27. The van der Waals surface area contributed by atoms with E-state index in [2.05, 4.69) is 22.5 Å². The Morgan fingerprint density at radius 1 is 1.37 bits per heavy atom. The molecular weight excluding hydrogens is 260 g/mol. The lowest BCUT2D eigenvalue weighted by Gasteiger charge is -2.11. The second kappa shape index (κ2) is 6.92. The summed E-state index contributed by atoms with van der Waals surface area (Å²) in [6.45, 7) is 3.10. The van der Waals surface area contributed by atoms with Crippen molar-refractivity contribution in [2.75, 3.05) is 5.88 Å². The SMILES string of the molecule is CCCn1c(CC(O)CCCCl)nc2ccccc21. The Morgan fingerprint density at radius 2 is 2.16 bits per heavy atom. The number of aliphatic hydroxyl groups is 1. The van der Waals surface area contributed by atoms with Crippen LogP contribution in [0.25, 0.3) is 11.0 Å². The molecule has 1 aromatic carbocycles. The molecule has 2 aromatic rings. The number of halogens is 1. The molecular formula is C15H21ClN2O. The second-order valence-electron chi connectivity index (χ2n) is 4.86. The number of rotatable bonds is 7. The van der Waals surface area contributed by atoms with E-state index in [1.807, 2.05) is 18.2 Å². The van der Waals surface area contributed by atoms with Gasteiger partial charge in [-0.05, 0) is 31.4 Å².